The molecular weight excluding hydrogens is 224 g/mol. The summed E-state index contributed by atoms with van der Waals surface area (Å²) in [5, 5.41) is 10.1. The second-order valence-electron chi connectivity index (χ2n) is 4.14. The quantitative estimate of drug-likeness (QED) is 0.543. The number of carbonyl (C=O) groups excluding carboxylic acids is 2. The van der Waals surface area contributed by atoms with E-state index in [2.05, 4.69) is 0 Å². The SMILES string of the molecule is CCCCC(O)(C(=O)OCC)C(=O)OC(C)C. The summed E-state index contributed by atoms with van der Waals surface area (Å²) >= 11 is 0. The molecule has 0 heterocycles. The van der Waals surface area contributed by atoms with Crippen LogP contribution in [0.4, 0.5) is 0 Å². The van der Waals surface area contributed by atoms with Crippen LogP contribution in [-0.2, 0) is 19.1 Å². The van der Waals surface area contributed by atoms with Crippen LogP contribution in [0, 0.1) is 0 Å². The fourth-order valence-electron chi connectivity index (χ4n) is 1.28. The maximum atomic E-state index is 11.7. The van der Waals surface area contributed by atoms with Crippen molar-refractivity contribution in [3.63, 3.8) is 0 Å². The lowest BCUT2D eigenvalue weighted by Gasteiger charge is -2.24. The number of unbranched alkanes of at least 4 members (excludes halogenated alkanes) is 1. The van der Waals surface area contributed by atoms with E-state index >= 15 is 0 Å². The first-order valence-corrected chi connectivity index (χ1v) is 5.99. The zero-order chi connectivity index (χ0) is 13.5. The average molecular weight is 246 g/mol. The van der Waals surface area contributed by atoms with E-state index in [1.165, 1.54) is 0 Å². The van der Waals surface area contributed by atoms with Gasteiger partial charge in [-0.25, -0.2) is 9.59 Å². The largest absolute Gasteiger partial charge is 0.463 e. The van der Waals surface area contributed by atoms with Crippen LogP contribution >= 0.6 is 0 Å². The van der Waals surface area contributed by atoms with Gasteiger partial charge < -0.3 is 14.6 Å². The van der Waals surface area contributed by atoms with Gasteiger partial charge in [0, 0.05) is 0 Å². The standard InChI is InChI=1S/C12H22O5/c1-5-7-8-12(15,10(13)16-6-2)11(14)17-9(3)4/h9,15H,5-8H2,1-4H3. The normalized spacial score (nSPS) is 14.2. The fourth-order valence-corrected chi connectivity index (χ4v) is 1.28. The number of rotatable bonds is 7. The van der Waals surface area contributed by atoms with Gasteiger partial charge in [0.05, 0.1) is 12.7 Å². The van der Waals surface area contributed by atoms with Gasteiger partial charge in [0.2, 0.25) is 0 Å². The van der Waals surface area contributed by atoms with Crippen LogP contribution in [0.3, 0.4) is 0 Å². The van der Waals surface area contributed by atoms with Gasteiger partial charge in [-0.1, -0.05) is 13.3 Å². The van der Waals surface area contributed by atoms with Crippen molar-refractivity contribution in [2.75, 3.05) is 6.61 Å². The number of hydrogen-bond donors (Lipinski definition) is 1. The van der Waals surface area contributed by atoms with Gasteiger partial charge in [-0.3, -0.25) is 0 Å². The topological polar surface area (TPSA) is 72.8 Å². The predicted molar refractivity (Wildman–Crippen MR) is 62.3 cm³/mol. The predicted octanol–water partition coefficient (Wildman–Crippen LogP) is 1.42. The molecule has 0 bridgehead atoms. The third kappa shape index (κ3) is 4.73. The highest BCUT2D eigenvalue weighted by molar-refractivity contribution is 6.03. The molecule has 0 aromatic heterocycles. The molecule has 0 amide bonds. The Hall–Kier alpha value is -1.10. The lowest BCUT2D eigenvalue weighted by atomic mass is 9.97. The Labute approximate surface area is 102 Å². The molecule has 0 aromatic rings. The van der Waals surface area contributed by atoms with Gasteiger partial charge >= 0.3 is 11.9 Å². The summed E-state index contributed by atoms with van der Waals surface area (Å²) in [4.78, 5) is 23.3. The molecule has 100 valence electrons. The molecule has 0 spiro atoms. The van der Waals surface area contributed by atoms with E-state index in [0.717, 1.165) is 6.42 Å². The highest BCUT2D eigenvalue weighted by Crippen LogP contribution is 2.19. The first kappa shape index (κ1) is 15.9. The molecule has 0 aliphatic rings. The van der Waals surface area contributed by atoms with Crippen molar-refractivity contribution in [3.05, 3.63) is 0 Å². The second-order valence-corrected chi connectivity index (χ2v) is 4.14. The van der Waals surface area contributed by atoms with Crippen molar-refractivity contribution in [1.82, 2.24) is 0 Å². The van der Waals surface area contributed by atoms with Crippen molar-refractivity contribution in [2.45, 2.75) is 58.7 Å². The Morgan fingerprint density at radius 2 is 1.82 bits per heavy atom. The van der Waals surface area contributed by atoms with Gasteiger partial charge in [-0.2, -0.15) is 0 Å². The zero-order valence-electron chi connectivity index (χ0n) is 11.0. The number of esters is 2. The number of ether oxygens (including phenoxy) is 2. The summed E-state index contributed by atoms with van der Waals surface area (Å²) < 4.78 is 9.61. The average Bonchev–Trinajstić information content (AvgIpc) is 2.25. The summed E-state index contributed by atoms with van der Waals surface area (Å²) in [6, 6.07) is 0. The summed E-state index contributed by atoms with van der Waals surface area (Å²) in [6.07, 6.45) is 0.942. The monoisotopic (exact) mass is 246 g/mol. The summed E-state index contributed by atoms with van der Waals surface area (Å²) in [5.74, 6) is -1.86. The molecule has 1 N–H and O–H groups in total. The molecule has 0 saturated carbocycles. The van der Waals surface area contributed by atoms with E-state index in [1.54, 1.807) is 20.8 Å². The van der Waals surface area contributed by atoms with Gasteiger partial charge in [0.15, 0.2) is 0 Å². The lowest BCUT2D eigenvalue weighted by molar-refractivity contribution is -0.186. The minimum atomic E-state index is -2.17. The molecule has 0 fully saturated rings. The number of hydrogen-bond acceptors (Lipinski definition) is 5. The van der Waals surface area contributed by atoms with E-state index in [9.17, 15) is 14.7 Å². The van der Waals surface area contributed by atoms with Crippen molar-refractivity contribution >= 4 is 11.9 Å². The summed E-state index contributed by atoms with van der Waals surface area (Å²) in [6.45, 7) is 6.94. The first-order chi connectivity index (χ1) is 7.88. The molecule has 0 aliphatic heterocycles. The second kappa shape index (κ2) is 7.27. The Bertz CT molecular complexity index is 262. The van der Waals surface area contributed by atoms with Crippen LogP contribution in [0.25, 0.3) is 0 Å². The number of aliphatic hydroxyl groups is 1. The third-order valence-corrected chi connectivity index (χ3v) is 2.19. The van der Waals surface area contributed by atoms with Gasteiger partial charge in [0.25, 0.3) is 5.60 Å². The molecular formula is C12H22O5. The Morgan fingerprint density at radius 3 is 2.24 bits per heavy atom. The smallest absolute Gasteiger partial charge is 0.350 e. The van der Waals surface area contributed by atoms with Crippen molar-refractivity contribution in [1.29, 1.82) is 0 Å². The van der Waals surface area contributed by atoms with Crippen LogP contribution in [-0.4, -0.2) is 35.4 Å². The molecule has 5 heteroatoms. The Kier molecular flexibility index (Phi) is 6.80. The highest BCUT2D eigenvalue weighted by Gasteiger charge is 2.46. The minimum Gasteiger partial charge on any atom is -0.463 e. The van der Waals surface area contributed by atoms with Crippen molar-refractivity contribution in [3.8, 4) is 0 Å². The maximum Gasteiger partial charge on any atom is 0.350 e. The Morgan fingerprint density at radius 1 is 1.24 bits per heavy atom. The van der Waals surface area contributed by atoms with E-state index < -0.39 is 17.5 Å². The van der Waals surface area contributed by atoms with Crippen molar-refractivity contribution < 1.29 is 24.2 Å². The Balaban J connectivity index is 4.81. The first-order valence-electron chi connectivity index (χ1n) is 5.99. The van der Waals surface area contributed by atoms with E-state index in [4.69, 9.17) is 9.47 Å². The van der Waals surface area contributed by atoms with E-state index in [1.807, 2.05) is 6.92 Å². The van der Waals surface area contributed by atoms with E-state index in [0.29, 0.717) is 6.42 Å². The molecule has 0 saturated heterocycles. The summed E-state index contributed by atoms with van der Waals surface area (Å²) in [5.41, 5.74) is -2.17. The van der Waals surface area contributed by atoms with Crippen LogP contribution in [0.5, 0.6) is 0 Å². The van der Waals surface area contributed by atoms with Crippen LogP contribution in [0.2, 0.25) is 0 Å². The highest BCUT2D eigenvalue weighted by atomic mass is 16.6. The zero-order valence-corrected chi connectivity index (χ0v) is 11.0. The fraction of sp³-hybridized carbons (Fsp3) is 0.833. The van der Waals surface area contributed by atoms with E-state index in [-0.39, 0.29) is 19.1 Å². The molecule has 5 nitrogen and oxygen atoms in total. The molecule has 17 heavy (non-hydrogen) atoms. The number of carbonyl (C=O) groups is 2. The molecule has 0 aliphatic carbocycles. The molecule has 1 unspecified atom stereocenters. The maximum absolute atomic E-state index is 11.7. The van der Waals surface area contributed by atoms with Crippen LogP contribution in [0.1, 0.15) is 47.0 Å². The van der Waals surface area contributed by atoms with Gasteiger partial charge in [0.1, 0.15) is 0 Å². The van der Waals surface area contributed by atoms with Crippen molar-refractivity contribution in [2.24, 2.45) is 0 Å². The summed E-state index contributed by atoms with van der Waals surface area (Å²) in [7, 11) is 0. The minimum absolute atomic E-state index is 0.0217. The molecule has 0 rings (SSSR count). The van der Waals surface area contributed by atoms with Crippen LogP contribution < -0.4 is 0 Å². The van der Waals surface area contributed by atoms with Crippen LogP contribution in [0.15, 0.2) is 0 Å². The lowest BCUT2D eigenvalue weighted by Crippen LogP contribution is -2.49. The third-order valence-electron chi connectivity index (χ3n) is 2.19. The van der Waals surface area contributed by atoms with Gasteiger partial charge in [-0.15, -0.1) is 0 Å². The molecule has 0 radical (unpaired) electrons. The van der Waals surface area contributed by atoms with Gasteiger partial charge in [-0.05, 0) is 33.6 Å². The molecule has 0 aromatic carbocycles. The molecule has 1 atom stereocenters.